The van der Waals surface area contributed by atoms with Crippen molar-refractivity contribution in [2.24, 2.45) is 0 Å². The van der Waals surface area contributed by atoms with Crippen molar-refractivity contribution in [2.45, 2.75) is 13.2 Å². The summed E-state index contributed by atoms with van der Waals surface area (Å²) in [6.45, 7) is 1.51. The highest BCUT2D eigenvalue weighted by molar-refractivity contribution is 5.87. The monoisotopic (exact) mass is 363 g/mol. The SMILES string of the molecule is CC(O)Nc1ccc(-c2cccc(-c3ccc4nc[nH]c4c3)c2O)cc1F. The maximum absolute atomic E-state index is 14.3. The Bertz CT molecular complexity index is 1120. The van der Waals surface area contributed by atoms with Gasteiger partial charge in [0.1, 0.15) is 17.8 Å². The van der Waals surface area contributed by atoms with Crippen LogP contribution in [0.1, 0.15) is 6.92 Å². The number of benzene rings is 3. The Morgan fingerprint density at radius 3 is 2.44 bits per heavy atom. The van der Waals surface area contributed by atoms with Crippen molar-refractivity contribution < 1.29 is 14.6 Å². The van der Waals surface area contributed by atoms with Crippen LogP contribution in [-0.2, 0) is 0 Å². The number of H-pyrrole nitrogens is 1. The molecule has 4 rings (SSSR count). The molecule has 0 aliphatic carbocycles. The van der Waals surface area contributed by atoms with E-state index in [0.717, 1.165) is 16.6 Å². The Morgan fingerprint density at radius 1 is 1.04 bits per heavy atom. The number of nitrogens with zero attached hydrogens (tertiary/aromatic N) is 1. The molecule has 1 atom stereocenters. The van der Waals surface area contributed by atoms with E-state index in [1.54, 1.807) is 24.5 Å². The van der Waals surface area contributed by atoms with Gasteiger partial charge in [-0.25, -0.2) is 9.37 Å². The Morgan fingerprint density at radius 2 is 1.74 bits per heavy atom. The fourth-order valence-electron chi connectivity index (χ4n) is 3.14. The number of aliphatic hydroxyl groups is 1. The highest BCUT2D eigenvalue weighted by Gasteiger charge is 2.13. The summed E-state index contributed by atoms with van der Waals surface area (Å²) in [5.74, 6) is -0.427. The van der Waals surface area contributed by atoms with Gasteiger partial charge in [-0.2, -0.15) is 0 Å². The van der Waals surface area contributed by atoms with Gasteiger partial charge in [-0.15, -0.1) is 0 Å². The molecule has 136 valence electrons. The lowest BCUT2D eigenvalue weighted by Crippen LogP contribution is -2.14. The summed E-state index contributed by atoms with van der Waals surface area (Å²) in [6, 6.07) is 15.6. The summed E-state index contributed by atoms with van der Waals surface area (Å²) in [5, 5.41) is 22.8. The van der Waals surface area contributed by atoms with E-state index in [1.165, 1.54) is 13.0 Å². The summed E-state index contributed by atoms with van der Waals surface area (Å²) in [6.07, 6.45) is 0.760. The Kier molecular flexibility index (Phi) is 4.25. The number of hydrogen-bond acceptors (Lipinski definition) is 4. The van der Waals surface area contributed by atoms with Gasteiger partial charge >= 0.3 is 0 Å². The first-order chi connectivity index (χ1) is 13.0. The number of aromatic hydroxyl groups is 1. The molecule has 1 unspecified atom stereocenters. The van der Waals surface area contributed by atoms with Gasteiger partial charge in [0.05, 0.1) is 23.0 Å². The Hall–Kier alpha value is -3.38. The van der Waals surface area contributed by atoms with Crippen molar-refractivity contribution in [1.82, 2.24) is 9.97 Å². The molecule has 4 N–H and O–H groups in total. The molecule has 0 saturated carbocycles. The third-order valence-corrected chi connectivity index (χ3v) is 4.41. The molecule has 0 saturated heterocycles. The van der Waals surface area contributed by atoms with Gasteiger partial charge in [-0.1, -0.05) is 30.3 Å². The molecular formula is C21H18FN3O2. The van der Waals surface area contributed by atoms with E-state index in [2.05, 4.69) is 15.3 Å². The van der Waals surface area contributed by atoms with Gasteiger partial charge in [0, 0.05) is 11.1 Å². The van der Waals surface area contributed by atoms with Gasteiger partial charge in [-0.3, -0.25) is 0 Å². The zero-order chi connectivity index (χ0) is 19.0. The van der Waals surface area contributed by atoms with Gasteiger partial charge in [0.2, 0.25) is 0 Å². The second kappa shape index (κ2) is 6.74. The van der Waals surface area contributed by atoms with Crippen molar-refractivity contribution in [2.75, 3.05) is 5.32 Å². The highest BCUT2D eigenvalue weighted by atomic mass is 19.1. The number of fused-ring (bicyclic) bond motifs is 1. The molecule has 27 heavy (non-hydrogen) atoms. The molecule has 0 radical (unpaired) electrons. The van der Waals surface area contributed by atoms with Crippen LogP contribution in [0, 0.1) is 5.82 Å². The van der Waals surface area contributed by atoms with Gasteiger partial charge in [0.15, 0.2) is 0 Å². The number of para-hydroxylation sites is 1. The lowest BCUT2D eigenvalue weighted by Gasteiger charge is -2.13. The molecule has 1 heterocycles. The fraction of sp³-hybridized carbons (Fsp3) is 0.0952. The average Bonchev–Trinajstić information content (AvgIpc) is 3.11. The van der Waals surface area contributed by atoms with Crippen LogP contribution in [-0.4, -0.2) is 26.4 Å². The van der Waals surface area contributed by atoms with E-state index in [1.807, 2.05) is 30.3 Å². The quantitative estimate of drug-likeness (QED) is 0.403. The maximum Gasteiger partial charge on any atom is 0.146 e. The second-order valence-electron chi connectivity index (χ2n) is 6.35. The van der Waals surface area contributed by atoms with Crippen LogP contribution in [0.25, 0.3) is 33.3 Å². The van der Waals surface area contributed by atoms with Crippen LogP contribution in [0.15, 0.2) is 60.9 Å². The number of halogens is 1. The van der Waals surface area contributed by atoms with Crippen molar-refractivity contribution in [1.29, 1.82) is 0 Å². The molecule has 0 aliphatic heterocycles. The second-order valence-corrected chi connectivity index (χ2v) is 6.35. The van der Waals surface area contributed by atoms with Crippen LogP contribution in [0.5, 0.6) is 5.75 Å². The van der Waals surface area contributed by atoms with E-state index in [4.69, 9.17) is 0 Å². The highest BCUT2D eigenvalue weighted by Crippen LogP contribution is 2.39. The number of hydrogen-bond donors (Lipinski definition) is 4. The molecule has 6 heteroatoms. The molecule has 4 aromatic rings. The van der Waals surface area contributed by atoms with Crippen molar-refractivity contribution >= 4 is 16.7 Å². The first kappa shape index (κ1) is 17.1. The predicted octanol–water partition coefficient (Wildman–Crippen LogP) is 4.49. The minimum atomic E-state index is -0.862. The van der Waals surface area contributed by atoms with Gasteiger partial charge in [-0.05, 0) is 42.3 Å². The van der Waals surface area contributed by atoms with Crippen LogP contribution in [0.3, 0.4) is 0 Å². The summed E-state index contributed by atoms with van der Waals surface area (Å²) >= 11 is 0. The number of anilines is 1. The van der Waals surface area contributed by atoms with Crippen LogP contribution in [0.4, 0.5) is 10.1 Å². The molecule has 0 spiro atoms. The third kappa shape index (κ3) is 3.22. The number of aromatic nitrogens is 2. The van der Waals surface area contributed by atoms with Crippen molar-refractivity contribution in [3.05, 3.63) is 66.7 Å². The lowest BCUT2D eigenvalue weighted by molar-refractivity contribution is 0.224. The molecule has 0 bridgehead atoms. The smallest absolute Gasteiger partial charge is 0.146 e. The lowest BCUT2D eigenvalue weighted by atomic mass is 9.97. The summed E-state index contributed by atoms with van der Waals surface area (Å²) in [7, 11) is 0. The molecule has 0 aliphatic rings. The number of phenols is 1. The average molecular weight is 363 g/mol. The first-order valence-corrected chi connectivity index (χ1v) is 8.53. The number of phenolic OH excluding ortho intramolecular Hbond substituents is 1. The standard InChI is InChI=1S/C21H18FN3O2/c1-12(26)25-18-7-5-13(9-17(18)22)15-3-2-4-16(21(15)27)14-6-8-19-20(10-14)24-11-23-19/h2-12,25-27H,1H3,(H,23,24). The van der Waals surface area contributed by atoms with E-state index in [9.17, 15) is 14.6 Å². The normalized spacial score (nSPS) is 12.3. The molecule has 3 aromatic carbocycles. The topological polar surface area (TPSA) is 81.2 Å². The summed E-state index contributed by atoms with van der Waals surface area (Å²) in [4.78, 5) is 7.25. The Labute approximate surface area is 155 Å². The Balaban J connectivity index is 1.77. The van der Waals surface area contributed by atoms with Crippen molar-refractivity contribution in [3.63, 3.8) is 0 Å². The molecule has 5 nitrogen and oxygen atoms in total. The minimum Gasteiger partial charge on any atom is -0.507 e. The van der Waals surface area contributed by atoms with E-state index in [-0.39, 0.29) is 11.4 Å². The fourth-order valence-corrected chi connectivity index (χ4v) is 3.14. The van der Waals surface area contributed by atoms with E-state index in [0.29, 0.717) is 16.7 Å². The van der Waals surface area contributed by atoms with Gasteiger partial charge in [0.25, 0.3) is 0 Å². The zero-order valence-electron chi connectivity index (χ0n) is 14.6. The summed E-state index contributed by atoms with van der Waals surface area (Å²) < 4.78 is 14.3. The number of imidazole rings is 1. The molecule has 0 amide bonds. The van der Waals surface area contributed by atoms with Crippen LogP contribution < -0.4 is 5.32 Å². The summed E-state index contributed by atoms with van der Waals surface area (Å²) in [5.41, 5.74) is 4.48. The molecule has 0 fully saturated rings. The molecular weight excluding hydrogens is 345 g/mol. The zero-order valence-corrected chi connectivity index (χ0v) is 14.6. The third-order valence-electron chi connectivity index (χ3n) is 4.41. The van der Waals surface area contributed by atoms with E-state index < -0.39 is 12.0 Å². The van der Waals surface area contributed by atoms with Crippen LogP contribution >= 0.6 is 0 Å². The van der Waals surface area contributed by atoms with Crippen LogP contribution in [0.2, 0.25) is 0 Å². The number of aromatic amines is 1. The predicted molar refractivity (Wildman–Crippen MR) is 104 cm³/mol. The number of rotatable bonds is 4. The van der Waals surface area contributed by atoms with E-state index >= 15 is 0 Å². The van der Waals surface area contributed by atoms with Gasteiger partial charge < -0.3 is 20.5 Å². The largest absolute Gasteiger partial charge is 0.507 e. The molecule has 1 aromatic heterocycles. The number of aliphatic hydroxyl groups excluding tert-OH is 1. The first-order valence-electron chi connectivity index (χ1n) is 8.53. The maximum atomic E-state index is 14.3. The number of nitrogens with one attached hydrogen (secondary N) is 2. The minimum absolute atomic E-state index is 0.0759. The van der Waals surface area contributed by atoms with Crippen molar-refractivity contribution in [3.8, 4) is 28.0 Å².